The van der Waals surface area contributed by atoms with Gasteiger partial charge in [-0.1, -0.05) is 54.4 Å². The highest BCUT2D eigenvalue weighted by atomic mass is 19.3. The number of aliphatic hydroxyl groups excluding tert-OH is 2. The van der Waals surface area contributed by atoms with Crippen LogP contribution in [0.15, 0.2) is 0 Å². The molecule has 4 saturated carbocycles. The Bertz CT molecular complexity index is 3620. The van der Waals surface area contributed by atoms with Crippen molar-refractivity contribution in [1.29, 1.82) is 0 Å². The zero-order valence-corrected chi connectivity index (χ0v) is 72.0. The summed E-state index contributed by atoms with van der Waals surface area (Å²) in [5, 5.41) is 38.7. The predicted octanol–water partition coefficient (Wildman–Crippen LogP) is 15.0. The number of aromatic nitrogens is 8. The third-order valence-corrected chi connectivity index (χ3v) is 27.4. The average molecular weight is 1630 g/mol. The molecule has 6 aliphatic heterocycles. The van der Waals surface area contributed by atoms with Gasteiger partial charge in [0, 0.05) is 148 Å². The molecular weight excluding hydrogens is 1490 g/mol. The number of alkyl halides is 8. The summed E-state index contributed by atoms with van der Waals surface area (Å²) in [6, 6.07) is 0. The van der Waals surface area contributed by atoms with Crippen LogP contribution in [0.2, 0.25) is 0 Å². The number of aryl methyl sites for hydroxylation is 2. The zero-order valence-electron chi connectivity index (χ0n) is 72.0. The molecule has 28 heteroatoms. The van der Waals surface area contributed by atoms with E-state index in [4.69, 9.17) is 40.6 Å². The molecule has 2 spiro atoms. The summed E-state index contributed by atoms with van der Waals surface area (Å²) in [5.41, 5.74) is 22.7. The minimum Gasteiger partial charge on any atom is -0.396 e. The highest BCUT2D eigenvalue weighted by Gasteiger charge is 2.52. The van der Waals surface area contributed by atoms with Crippen LogP contribution in [0.4, 0.5) is 35.1 Å². The summed E-state index contributed by atoms with van der Waals surface area (Å²) in [6.45, 7) is 26.5. The minimum absolute atomic E-state index is 0.00628. The molecule has 10 heterocycles. The molecule has 0 amide bonds. The number of likely N-dealkylation sites (N-methyl/N-ethyl adjacent to an activating group) is 2. The number of nitrogens with two attached hydrogens (primary N) is 2. The fourth-order valence-corrected chi connectivity index (χ4v) is 21.4. The van der Waals surface area contributed by atoms with Crippen molar-refractivity contribution in [2.45, 2.75) is 339 Å². The molecule has 4 aromatic heterocycles. The SMILES string of the molecule is CCCCN(C)Cc1nn2c(c1C1CCC(CO)(COC)CC1)CC(F)(F)C2.CCCCN(C)Cc1nn2c(c1C1CCC(CO)(COCC)CC1)CC(F)(F)C2.CN(CCN)Cc1nn2c(c1C1CCC3(CC1)CC(C)(C)CO3)CC(F)(F)CC2.CN(CCN)Cc1nn2c(c1C1CCC3(CC1)CC(C)(C)CO3)CC(F)(F)CC2. The largest absolute Gasteiger partial charge is 0.396 e. The fourth-order valence-electron chi connectivity index (χ4n) is 21.4. The van der Waals surface area contributed by atoms with Gasteiger partial charge >= 0.3 is 0 Å². The molecule has 0 atom stereocenters. The molecule has 2 saturated heterocycles. The van der Waals surface area contributed by atoms with Crippen molar-refractivity contribution in [3.05, 3.63) is 67.8 Å². The normalized spacial score (nSPS) is 28.7. The first-order valence-electron chi connectivity index (χ1n) is 44.0. The molecule has 20 nitrogen and oxygen atoms in total. The molecule has 115 heavy (non-hydrogen) atoms. The van der Waals surface area contributed by atoms with Gasteiger partial charge in [-0.05, 0) is 211 Å². The standard InChI is InChI=1S/2C22H36F2N4O.C22H37F2N3O2.C21H35F2N3O2/c2*1-20(2)14-21(29-15-20)6-4-16(5-7-21)19-17(13-27(3)11-9-25)26-28-10-8-22(23,24)12-18(19)28;1-4-6-11-26(3)13-18-20(19-12-22(23,24)14-27(19)25-18)17-7-9-21(15-28,10-8-17)16-29-5-2;1-4-5-10-25(2)12-17-19(18-11-21(22,23)13-26(18)24-17)16-6-8-20(14-27,9-7-16)15-28-3/h2*16H,4-15,25H2,1-3H3;17,28H,4-16H2,1-3H3;16,27H,4-15H2,1-3H3. The van der Waals surface area contributed by atoms with Gasteiger partial charge in [0.2, 0.25) is 0 Å². The van der Waals surface area contributed by atoms with E-state index in [1.807, 2.05) is 30.4 Å². The van der Waals surface area contributed by atoms with Crippen LogP contribution in [0.3, 0.4) is 0 Å². The number of rotatable bonds is 29. The summed E-state index contributed by atoms with van der Waals surface area (Å²) < 4.78 is 144. The van der Waals surface area contributed by atoms with Crippen LogP contribution >= 0.6 is 0 Å². The molecule has 0 aromatic carbocycles. The second kappa shape index (κ2) is 38.1. The number of nitrogens with zero attached hydrogens (tertiary/aromatic N) is 12. The van der Waals surface area contributed by atoms with Crippen molar-refractivity contribution in [3.63, 3.8) is 0 Å². The second-order valence-electron chi connectivity index (χ2n) is 39.0. The number of hydrogen-bond acceptors (Lipinski definition) is 16. The van der Waals surface area contributed by atoms with Crippen molar-refractivity contribution in [2.24, 2.45) is 33.1 Å². The minimum atomic E-state index is -2.69. The van der Waals surface area contributed by atoms with Crippen LogP contribution in [0, 0.1) is 21.7 Å². The number of aliphatic hydroxyl groups is 2. The lowest BCUT2D eigenvalue weighted by Crippen LogP contribution is -2.35. The maximum atomic E-state index is 14.3. The van der Waals surface area contributed by atoms with Gasteiger partial charge in [-0.15, -0.1) is 0 Å². The van der Waals surface area contributed by atoms with Gasteiger partial charge in [-0.2, -0.15) is 20.4 Å². The van der Waals surface area contributed by atoms with E-state index in [2.05, 4.69) is 85.4 Å². The Morgan fingerprint density at radius 2 is 0.739 bits per heavy atom. The Kier molecular flexibility index (Phi) is 30.3. The molecule has 4 aliphatic carbocycles. The van der Waals surface area contributed by atoms with E-state index < -0.39 is 23.7 Å². The Morgan fingerprint density at radius 3 is 1.03 bits per heavy atom. The summed E-state index contributed by atoms with van der Waals surface area (Å²) >= 11 is 0. The molecular formula is C87H144F8N14O6. The molecule has 14 rings (SSSR count). The van der Waals surface area contributed by atoms with Gasteiger partial charge in [-0.3, -0.25) is 28.5 Å². The van der Waals surface area contributed by atoms with Crippen molar-refractivity contribution in [3.8, 4) is 0 Å². The second-order valence-corrected chi connectivity index (χ2v) is 39.0. The first kappa shape index (κ1) is 91.5. The number of ether oxygens (including phenoxy) is 4. The number of unbranched alkanes of at least 4 members (excludes halogenated alkanes) is 2. The number of halogens is 8. The maximum absolute atomic E-state index is 14.3. The van der Waals surface area contributed by atoms with E-state index in [0.29, 0.717) is 84.0 Å². The van der Waals surface area contributed by atoms with Crippen molar-refractivity contribution in [1.82, 2.24) is 58.7 Å². The van der Waals surface area contributed by atoms with E-state index in [1.165, 1.54) is 0 Å². The van der Waals surface area contributed by atoms with E-state index in [-0.39, 0.29) is 110 Å². The van der Waals surface area contributed by atoms with Gasteiger partial charge in [-0.25, -0.2) is 35.1 Å². The number of fused-ring (bicyclic) bond motifs is 4. The molecule has 654 valence electrons. The molecule has 10 aliphatic rings. The van der Waals surface area contributed by atoms with Crippen LogP contribution in [0.25, 0.3) is 0 Å². The fraction of sp³-hybridized carbons (Fsp3) is 0.862. The lowest BCUT2D eigenvalue weighted by Gasteiger charge is -2.39. The van der Waals surface area contributed by atoms with E-state index in [9.17, 15) is 45.3 Å². The lowest BCUT2D eigenvalue weighted by molar-refractivity contribution is -0.0313. The molecule has 0 unspecified atom stereocenters. The summed E-state index contributed by atoms with van der Waals surface area (Å²) in [4.78, 5) is 8.78. The van der Waals surface area contributed by atoms with Crippen molar-refractivity contribution >= 4 is 0 Å². The third kappa shape index (κ3) is 22.8. The monoisotopic (exact) mass is 1630 g/mol. The average Bonchev–Trinajstić information content (AvgIpc) is 1.59. The predicted molar refractivity (Wildman–Crippen MR) is 432 cm³/mol. The van der Waals surface area contributed by atoms with Gasteiger partial charge in [0.25, 0.3) is 23.7 Å². The van der Waals surface area contributed by atoms with E-state index in [1.54, 1.807) is 16.5 Å². The summed E-state index contributed by atoms with van der Waals surface area (Å²) in [7, 11) is 9.87. The zero-order chi connectivity index (χ0) is 83.2. The lowest BCUT2D eigenvalue weighted by atomic mass is 9.69. The molecule has 6 N–H and O–H groups in total. The van der Waals surface area contributed by atoms with Gasteiger partial charge in [0.05, 0.1) is 99.3 Å². The Hall–Kier alpha value is -4.20. The molecule has 0 radical (unpaired) electrons. The Labute approximate surface area is 680 Å². The van der Waals surface area contributed by atoms with Gasteiger partial charge in [0.15, 0.2) is 0 Å². The van der Waals surface area contributed by atoms with E-state index >= 15 is 0 Å². The van der Waals surface area contributed by atoms with Crippen LogP contribution < -0.4 is 11.5 Å². The first-order valence-corrected chi connectivity index (χ1v) is 44.0. The smallest absolute Gasteiger partial charge is 0.272 e. The van der Waals surface area contributed by atoms with Crippen molar-refractivity contribution in [2.75, 3.05) is 121 Å². The molecule has 0 bridgehead atoms. The molecule has 4 aromatic rings. The van der Waals surface area contributed by atoms with E-state index in [0.717, 1.165) is 248 Å². The number of hydrogen-bond donors (Lipinski definition) is 4. The molecule has 6 fully saturated rings. The third-order valence-electron chi connectivity index (χ3n) is 27.4. The number of methoxy groups -OCH3 is 1. The maximum Gasteiger partial charge on any atom is 0.272 e. The van der Waals surface area contributed by atoms with Crippen molar-refractivity contribution < 1.29 is 64.3 Å². The first-order chi connectivity index (χ1) is 54.4. The highest BCUT2D eigenvalue weighted by molar-refractivity contribution is 5.38. The highest BCUT2D eigenvalue weighted by Crippen LogP contribution is 2.55. The van der Waals surface area contributed by atoms with Gasteiger partial charge in [0.1, 0.15) is 13.1 Å². The van der Waals surface area contributed by atoms with Gasteiger partial charge < -0.3 is 50.4 Å². The van der Waals surface area contributed by atoms with Crippen LogP contribution in [-0.2, 0) is 97.0 Å². The quantitative estimate of drug-likeness (QED) is 0.0372. The van der Waals surface area contributed by atoms with Crippen LogP contribution in [0.1, 0.15) is 294 Å². The summed E-state index contributed by atoms with van der Waals surface area (Å²) in [5.74, 6) is -9.56. The van der Waals surface area contributed by atoms with Crippen LogP contribution in [0.5, 0.6) is 0 Å². The topological polar surface area (TPSA) is 214 Å². The summed E-state index contributed by atoms with van der Waals surface area (Å²) in [6.07, 6.45) is 20.8. The Morgan fingerprint density at radius 1 is 0.435 bits per heavy atom. The Balaban J connectivity index is 0.000000151. The van der Waals surface area contributed by atoms with Crippen LogP contribution in [-0.4, -0.2) is 225 Å².